The van der Waals surface area contributed by atoms with Crippen LogP contribution in [0.15, 0.2) is 24.3 Å². The fourth-order valence-electron chi connectivity index (χ4n) is 4.12. The third kappa shape index (κ3) is 4.02. The molecule has 2 aromatic heterocycles. The van der Waals surface area contributed by atoms with Crippen LogP contribution in [0.2, 0.25) is 0 Å². The lowest BCUT2D eigenvalue weighted by Gasteiger charge is -2.31. The summed E-state index contributed by atoms with van der Waals surface area (Å²) in [4.78, 5) is 19.5. The molecule has 0 unspecified atom stereocenters. The quantitative estimate of drug-likeness (QED) is 0.648. The first-order valence-electron chi connectivity index (χ1n) is 10.6. The van der Waals surface area contributed by atoms with Gasteiger partial charge in [0.25, 0.3) is 5.91 Å². The Balaban J connectivity index is 1.51. The Morgan fingerprint density at radius 2 is 1.81 bits per heavy atom. The number of carbonyl (C=O) groups excluding carboxylic acids is 1. The molecule has 8 heteroatoms. The SMILES string of the molecule is COc1cc2cc(N)c(C3CCN(C(=O)c4cc(C(C)C)[nH]n4)CC3)nc2cc1OC. The minimum absolute atomic E-state index is 0.0297. The molecule has 164 valence electrons. The molecule has 0 radical (unpaired) electrons. The third-order valence-corrected chi connectivity index (χ3v) is 5.99. The monoisotopic (exact) mass is 423 g/mol. The summed E-state index contributed by atoms with van der Waals surface area (Å²) in [5.74, 6) is 1.76. The van der Waals surface area contributed by atoms with E-state index in [1.807, 2.05) is 29.2 Å². The number of nitrogens with two attached hydrogens (primary N) is 1. The first kappa shape index (κ1) is 21.0. The normalized spacial score (nSPS) is 14.9. The maximum absolute atomic E-state index is 12.8. The zero-order valence-corrected chi connectivity index (χ0v) is 18.4. The number of carbonyl (C=O) groups is 1. The summed E-state index contributed by atoms with van der Waals surface area (Å²) in [6, 6.07) is 7.55. The lowest BCUT2D eigenvalue weighted by molar-refractivity contribution is 0.0706. The average molecular weight is 424 g/mol. The number of nitrogens with zero attached hydrogens (tertiary/aromatic N) is 3. The number of hydrogen-bond acceptors (Lipinski definition) is 6. The van der Waals surface area contributed by atoms with Crippen molar-refractivity contribution in [3.63, 3.8) is 0 Å². The Labute approximate surface area is 181 Å². The van der Waals surface area contributed by atoms with Crippen LogP contribution in [0, 0.1) is 0 Å². The van der Waals surface area contributed by atoms with Crippen molar-refractivity contribution in [2.45, 2.75) is 38.5 Å². The minimum atomic E-state index is -0.0297. The number of methoxy groups -OCH3 is 2. The lowest BCUT2D eigenvalue weighted by Crippen LogP contribution is -2.38. The number of nitrogen functional groups attached to an aromatic ring is 1. The second-order valence-electron chi connectivity index (χ2n) is 8.29. The van der Waals surface area contributed by atoms with Crippen molar-refractivity contribution in [2.24, 2.45) is 0 Å². The number of likely N-dealkylation sites (tertiary alicyclic amines) is 1. The second-order valence-corrected chi connectivity index (χ2v) is 8.29. The number of amides is 1. The van der Waals surface area contributed by atoms with E-state index in [0.29, 0.717) is 41.9 Å². The summed E-state index contributed by atoms with van der Waals surface area (Å²) in [5.41, 5.74) is 10.2. The molecule has 1 saturated heterocycles. The van der Waals surface area contributed by atoms with Crippen LogP contribution in [-0.2, 0) is 0 Å². The van der Waals surface area contributed by atoms with Crippen LogP contribution >= 0.6 is 0 Å². The molecule has 3 aromatic rings. The van der Waals surface area contributed by atoms with E-state index in [-0.39, 0.29) is 11.8 Å². The zero-order chi connectivity index (χ0) is 22.1. The number of fused-ring (bicyclic) bond motifs is 1. The molecule has 0 bridgehead atoms. The number of H-pyrrole nitrogens is 1. The van der Waals surface area contributed by atoms with Crippen molar-refractivity contribution in [1.82, 2.24) is 20.1 Å². The maximum atomic E-state index is 12.8. The number of hydrogen-bond donors (Lipinski definition) is 2. The van der Waals surface area contributed by atoms with Gasteiger partial charge >= 0.3 is 0 Å². The molecule has 0 atom stereocenters. The highest BCUT2D eigenvalue weighted by atomic mass is 16.5. The van der Waals surface area contributed by atoms with Gasteiger partial charge in [0.05, 0.1) is 31.1 Å². The van der Waals surface area contributed by atoms with Gasteiger partial charge < -0.3 is 20.1 Å². The summed E-state index contributed by atoms with van der Waals surface area (Å²) >= 11 is 0. The van der Waals surface area contributed by atoms with Crippen LogP contribution in [0.3, 0.4) is 0 Å². The number of pyridine rings is 1. The predicted molar refractivity (Wildman–Crippen MR) is 120 cm³/mol. The Morgan fingerprint density at radius 1 is 1.13 bits per heavy atom. The summed E-state index contributed by atoms with van der Waals surface area (Å²) in [6.45, 7) is 5.44. The number of aromatic amines is 1. The molecule has 4 rings (SSSR count). The summed E-state index contributed by atoms with van der Waals surface area (Å²) in [7, 11) is 3.22. The molecule has 3 heterocycles. The number of piperidine rings is 1. The first-order chi connectivity index (χ1) is 14.9. The van der Waals surface area contributed by atoms with Crippen LogP contribution in [0.4, 0.5) is 5.69 Å². The molecule has 0 spiro atoms. The van der Waals surface area contributed by atoms with E-state index < -0.39 is 0 Å². The summed E-state index contributed by atoms with van der Waals surface area (Å²) in [5, 5.41) is 8.06. The molecule has 1 aliphatic heterocycles. The van der Waals surface area contributed by atoms with Gasteiger partial charge in [-0.15, -0.1) is 0 Å². The van der Waals surface area contributed by atoms with E-state index in [0.717, 1.165) is 35.1 Å². The topological polar surface area (TPSA) is 106 Å². The molecule has 31 heavy (non-hydrogen) atoms. The second kappa shape index (κ2) is 8.45. The van der Waals surface area contributed by atoms with Gasteiger partial charge in [-0.2, -0.15) is 5.10 Å². The van der Waals surface area contributed by atoms with Crippen LogP contribution in [-0.4, -0.2) is 53.3 Å². The highest BCUT2D eigenvalue weighted by Crippen LogP contribution is 2.36. The van der Waals surface area contributed by atoms with Crippen LogP contribution in [0.25, 0.3) is 10.9 Å². The number of aromatic nitrogens is 3. The van der Waals surface area contributed by atoms with Gasteiger partial charge in [0, 0.05) is 36.2 Å². The van der Waals surface area contributed by atoms with Crippen molar-refractivity contribution in [3.8, 4) is 11.5 Å². The Morgan fingerprint density at radius 3 is 2.42 bits per heavy atom. The summed E-state index contributed by atoms with van der Waals surface area (Å²) < 4.78 is 10.8. The fourth-order valence-corrected chi connectivity index (χ4v) is 4.12. The van der Waals surface area contributed by atoms with E-state index in [9.17, 15) is 4.79 Å². The lowest BCUT2D eigenvalue weighted by atomic mass is 9.91. The number of ether oxygens (including phenoxy) is 2. The largest absolute Gasteiger partial charge is 0.493 e. The maximum Gasteiger partial charge on any atom is 0.274 e. The van der Waals surface area contributed by atoms with Crippen LogP contribution in [0.1, 0.15) is 60.4 Å². The van der Waals surface area contributed by atoms with Gasteiger partial charge in [0.2, 0.25) is 0 Å². The van der Waals surface area contributed by atoms with Crippen molar-refractivity contribution < 1.29 is 14.3 Å². The van der Waals surface area contributed by atoms with E-state index in [1.54, 1.807) is 14.2 Å². The number of nitrogens with one attached hydrogen (secondary N) is 1. The smallest absolute Gasteiger partial charge is 0.274 e. The van der Waals surface area contributed by atoms with E-state index in [2.05, 4.69) is 24.0 Å². The van der Waals surface area contributed by atoms with Crippen molar-refractivity contribution in [3.05, 3.63) is 41.3 Å². The average Bonchev–Trinajstić information content (AvgIpc) is 3.28. The standard InChI is InChI=1S/C23H29N5O3/c1-13(2)17-11-19(27-26-17)23(29)28-7-5-14(6-8-28)22-16(24)9-15-10-20(30-3)21(31-4)12-18(15)25-22/h9-14H,5-8,24H2,1-4H3,(H,26,27). The van der Waals surface area contributed by atoms with Gasteiger partial charge in [0.1, 0.15) is 5.69 Å². The van der Waals surface area contributed by atoms with Gasteiger partial charge in [-0.1, -0.05) is 13.8 Å². The van der Waals surface area contributed by atoms with E-state index in [1.165, 1.54) is 0 Å². The molecular weight excluding hydrogens is 394 g/mol. The number of rotatable bonds is 5. The van der Waals surface area contributed by atoms with Crippen LogP contribution < -0.4 is 15.2 Å². The number of benzene rings is 1. The number of anilines is 1. The van der Waals surface area contributed by atoms with Crippen molar-refractivity contribution in [2.75, 3.05) is 33.0 Å². The van der Waals surface area contributed by atoms with E-state index in [4.69, 9.17) is 20.2 Å². The first-order valence-corrected chi connectivity index (χ1v) is 10.6. The summed E-state index contributed by atoms with van der Waals surface area (Å²) in [6.07, 6.45) is 1.62. The van der Waals surface area contributed by atoms with E-state index >= 15 is 0 Å². The predicted octanol–water partition coefficient (Wildman–Crippen LogP) is 3.70. The molecule has 8 nitrogen and oxygen atoms in total. The molecule has 1 aromatic carbocycles. The zero-order valence-electron chi connectivity index (χ0n) is 18.4. The molecule has 1 fully saturated rings. The Bertz CT molecular complexity index is 1100. The third-order valence-electron chi connectivity index (χ3n) is 5.99. The molecule has 0 saturated carbocycles. The Hall–Kier alpha value is -3.29. The van der Waals surface area contributed by atoms with Gasteiger partial charge in [0.15, 0.2) is 11.5 Å². The molecular formula is C23H29N5O3. The molecule has 1 aliphatic rings. The van der Waals surface area contributed by atoms with Crippen molar-refractivity contribution >= 4 is 22.5 Å². The highest BCUT2D eigenvalue weighted by molar-refractivity contribution is 5.92. The molecule has 3 N–H and O–H groups in total. The van der Waals surface area contributed by atoms with Crippen LogP contribution in [0.5, 0.6) is 11.5 Å². The Kier molecular flexibility index (Phi) is 5.71. The molecule has 0 aliphatic carbocycles. The minimum Gasteiger partial charge on any atom is -0.493 e. The molecule has 1 amide bonds. The van der Waals surface area contributed by atoms with Gasteiger partial charge in [-0.25, -0.2) is 0 Å². The highest BCUT2D eigenvalue weighted by Gasteiger charge is 2.28. The fraction of sp³-hybridized carbons (Fsp3) is 0.435. The van der Waals surface area contributed by atoms with Gasteiger partial charge in [-0.3, -0.25) is 14.9 Å². The van der Waals surface area contributed by atoms with Gasteiger partial charge in [-0.05, 0) is 37.0 Å². The van der Waals surface area contributed by atoms with Crippen molar-refractivity contribution in [1.29, 1.82) is 0 Å².